The van der Waals surface area contributed by atoms with Crippen LogP contribution in [0.25, 0.3) is 0 Å². The Morgan fingerprint density at radius 1 is 1.21 bits per heavy atom. The molecule has 1 aromatic heterocycles. The summed E-state index contributed by atoms with van der Waals surface area (Å²) in [7, 11) is 0. The van der Waals surface area contributed by atoms with Gasteiger partial charge in [0.1, 0.15) is 0 Å². The molecule has 0 spiro atoms. The largest absolute Gasteiger partial charge is 0.326 e. The lowest BCUT2D eigenvalue weighted by Crippen LogP contribution is -2.26. The van der Waals surface area contributed by atoms with Gasteiger partial charge in [-0.1, -0.05) is 28.9 Å². The van der Waals surface area contributed by atoms with Gasteiger partial charge in [-0.15, -0.1) is 11.8 Å². The zero-order valence-electron chi connectivity index (χ0n) is 10.8. The molecule has 0 saturated carbocycles. The van der Waals surface area contributed by atoms with E-state index in [4.69, 9.17) is 5.73 Å². The van der Waals surface area contributed by atoms with Crippen LogP contribution in [0.15, 0.2) is 58.0 Å². The van der Waals surface area contributed by atoms with Crippen molar-refractivity contribution in [1.82, 2.24) is 4.98 Å². The molecule has 0 fully saturated rings. The predicted octanol–water partition coefficient (Wildman–Crippen LogP) is 4.41. The standard InChI is InChI=1S/C15H17BrN2S/c1-2-13(17)15(14-5-3-4-10-18-14)19-12-8-6-11(16)7-9-12/h3-10,13,15H,2,17H2,1H3. The molecule has 0 aliphatic carbocycles. The van der Waals surface area contributed by atoms with Crippen molar-refractivity contribution in [2.45, 2.75) is 29.5 Å². The van der Waals surface area contributed by atoms with Gasteiger partial charge in [-0.3, -0.25) is 4.98 Å². The van der Waals surface area contributed by atoms with E-state index in [1.54, 1.807) is 11.8 Å². The third-order valence-corrected chi connectivity index (χ3v) is 4.83. The van der Waals surface area contributed by atoms with Crippen molar-refractivity contribution in [3.63, 3.8) is 0 Å². The van der Waals surface area contributed by atoms with Crippen LogP contribution in [0.3, 0.4) is 0 Å². The van der Waals surface area contributed by atoms with Crippen LogP contribution in [0.4, 0.5) is 0 Å². The maximum Gasteiger partial charge on any atom is 0.0668 e. The minimum absolute atomic E-state index is 0.101. The van der Waals surface area contributed by atoms with Gasteiger partial charge in [0.2, 0.25) is 0 Å². The van der Waals surface area contributed by atoms with Gasteiger partial charge in [0, 0.05) is 21.6 Å². The third-order valence-electron chi connectivity index (χ3n) is 2.92. The number of benzene rings is 1. The molecule has 2 unspecified atom stereocenters. The molecular formula is C15H17BrN2S. The van der Waals surface area contributed by atoms with Crippen LogP contribution in [-0.2, 0) is 0 Å². The van der Waals surface area contributed by atoms with E-state index in [1.165, 1.54) is 4.90 Å². The number of pyridine rings is 1. The molecule has 0 bridgehead atoms. The highest BCUT2D eigenvalue weighted by molar-refractivity contribution is 9.10. The van der Waals surface area contributed by atoms with Crippen molar-refractivity contribution in [2.24, 2.45) is 5.73 Å². The maximum atomic E-state index is 6.26. The lowest BCUT2D eigenvalue weighted by molar-refractivity contribution is 0.624. The van der Waals surface area contributed by atoms with Crippen LogP contribution in [0.2, 0.25) is 0 Å². The first-order chi connectivity index (χ1) is 9.20. The number of nitrogens with two attached hydrogens (primary N) is 1. The van der Waals surface area contributed by atoms with Crippen molar-refractivity contribution in [3.05, 3.63) is 58.8 Å². The molecule has 0 amide bonds. The molecule has 0 saturated heterocycles. The Balaban J connectivity index is 2.21. The number of hydrogen-bond acceptors (Lipinski definition) is 3. The summed E-state index contributed by atoms with van der Waals surface area (Å²) in [4.78, 5) is 5.66. The molecular weight excluding hydrogens is 320 g/mol. The highest BCUT2D eigenvalue weighted by atomic mass is 79.9. The van der Waals surface area contributed by atoms with Crippen LogP contribution in [0.1, 0.15) is 24.3 Å². The fourth-order valence-electron chi connectivity index (χ4n) is 1.79. The molecule has 19 heavy (non-hydrogen) atoms. The fraction of sp³-hybridized carbons (Fsp3) is 0.267. The van der Waals surface area contributed by atoms with Crippen molar-refractivity contribution in [2.75, 3.05) is 0 Å². The summed E-state index contributed by atoms with van der Waals surface area (Å²) in [6.07, 6.45) is 2.76. The third kappa shape index (κ3) is 4.06. The van der Waals surface area contributed by atoms with E-state index in [0.717, 1.165) is 16.6 Å². The van der Waals surface area contributed by atoms with E-state index >= 15 is 0 Å². The Bertz CT molecular complexity index is 501. The molecule has 2 nitrogen and oxygen atoms in total. The van der Waals surface area contributed by atoms with Crippen LogP contribution in [-0.4, -0.2) is 11.0 Å². The molecule has 100 valence electrons. The molecule has 2 atom stereocenters. The van der Waals surface area contributed by atoms with Gasteiger partial charge in [0.05, 0.1) is 10.9 Å². The van der Waals surface area contributed by atoms with Gasteiger partial charge >= 0.3 is 0 Å². The molecule has 2 rings (SSSR count). The predicted molar refractivity (Wildman–Crippen MR) is 85.2 cm³/mol. The molecule has 0 aliphatic heterocycles. The molecule has 4 heteroatoms. The summed E-state index contributed by atoms with van der Waals surface area (Å²) in [5.41, 5.74) is 7.30. The highest BCUT2D eigenvalue weighted by Gasteiger charge is 2.20. The molecule has 2 N–H and O–H groups in total. The lowest BCUT2D eigenvalue weighted by Gasteiger charge is -2.22. The van der Waals surface area contributed by atoms with Crippen LogP contribution >= 0.6 is 27.7 Å². The average molecular weight is 337 g/mol. The normalized spacial score (nSPS) is 14.1. The number of thioether (sulfide) groups is 1. The Labute approximate surface area is 126 Å². The number of rotatable bonds is 5. The van der Waals surface area contributed by atoms with E-state index in [2.05, 4.69) is 52.1 Å². The minimum atomic E-state index is 0.101. The van der Waals surface area contributed by atoms with Gasteiger partial charge in [-0.2, -0.15) is 0 Å². The van der Waals surface area contributed by atoms with E-state index in [9.17, 15) is 0 Å². The Morgan fingerprint density at radius 3 is 2.53 bits per heavy atom. The first-order valence-electron chi connectivity index (χ1n) is 6.29. The summed E-state index contributed by atoms with van der Waals surface area (Å²) in [6.45, 7) is 2.11. The fourth-order valence-corrected chi connectivity index (χ4v) is 3.26. The number of halogens is 1. The quantitative estimate of drug-likeness (QED) is 0.821. The molecule has 1 heterocycles. The average Bonchev–Trinajstić information content (AvgIpc) is 2.47. The molecule has 0 aliphatic rings. The number of aromatic nitrogens is 1. The van der Waals surface area contributed by atoms with Gasteiger partial charge in [-0.25, -0.2) is 0 Å². The highest BCUT2D eigenvalue weighted by Crippen LogP contribution is 2.37. The molecule has 1 aromatic carbocycles. The second-order valence-corrected chi connectivity index (χ2v) is 6.45. The summed E-state index contributed by atoms with van der Waals surface area (Å²) >= 11 is 5.23. The second kappa shape index (κ2) is 7.08. The van der Waals surface area contributed by atoms with Crippen LogP contribution in [0, 0.1) is 0 Å². The van der Waals surface area contributed by atoms with E-state index in [-0.39, 0.29) is 11.3 Å². The maximum absolute atomic E-state index is 6.26. The zero-order valence-corrected chi connectivity index (χ0v) is 13.2. The second-order valence-electron chi connectivity index (χ2n) is 4.32. The zero-order chi connectivity index (χ0) is 13.7. The topological polar surface area (TPSA) is 38.9 Å². The summed E-state index contributed by atoms with van der Waals surface area (Å²) < 4.78 is 1.09. The first kappa shape index (κ1) is 14.6. The lowest BCUT2D eigenvalue weighted by atomic mass is 10.1. The van der Waals surface area contributed by atoms with Gasteiger partial charge in [0.15, 0.2) is 0 Å². The van der Waals surface area contributed by atoms with Gasteiger partial charge in [0.25, 0.3) is 0 Å². The molecule has 0 radical (unpaired) electrons. The van der Waals surface area contributed by atoms with E-state index in [0.29, 0.717) is 0 Å². The smallest absolute Gasteiger partial charge is 0.0668 e. The summed E-state index contributed by atoms with van der Waals surface area (Å²) in [5.74, 6) is 0. The van der Waals surface area contributed by atoms with Gasteiger partial charge in [-0.05, 0) is 42.8 Å². The first-order valence-corrected chi connectivity index (χ1v) is 7.96. The van der Waals surface area contributed by atoms with Crippen LogP contribution < -0.4 is 5.73 Å². The number of hydrogen-bond donors (Lipinski definition) is 1. The number of nitrogens with zero attached hydrogens (tertiary/aromatic N) is 1. The van der Waals surface area contributed by atoms with E-state index < -0.39 is 0 Å². The van der Waals surface area contributed by atoms with Crippen molar-refractivity contribution >= 4 is 27.7 Å². The summed E-state index contributed by atoms with van der Waals surface area (Å²) in [6, 6.07) is 14.4. The van der Waals surface area contributed by atoms with E-state index in [1.807, 2.05) is 24.4 Å². The Morgan fingerprint density at radius 2 is 1.95 bits per heavy atom. The molecule has 2 aromatic rings. The van der Waals surface area contributed by atoms with Crippen molar-refractivity contribution in [3.8, 4) is 0 Å². The van der Waals surface area contributed by atoms with Crippen molar-refractivity contribution in [1.29, 1.82) is 0 Å². The SMILES string of the molecule is CCC(N)C(Sc1ccc(Br)cc1)c1ccccn1. The summed E-state index contributed by atoms with van der Waals surface area (Å²) in [5, 5.41) is 0.187. The Kier molecular flexibility index (Phi) is 5.43. The van der Waals surface area contributed by atoms with Gasteiger partial charge < -0.3 is 5.73 Å². The Hall–Kier alpha value is -0.840. The monoisotopic (exact) mass is 336 g/mol. The van der Waals surface area contributed by atoms with Crippen LogP contribution in [0.5, 0.6) is 0 Å². The van der Waals surface area contributed by atoms with Crippen molar-refractivity contribution < 1.29 is 0 Å². The minimum Gasteiger partial charge on any atom is -0.326 e.